The molecule has 1 aromatic carbocycles. The predicted octanol–water partition coefficient (Wildman–Crippen LogP) is 1.03. The summed E-state index contributed by atoms with van der Waals surface area (Å²) in [4.78, 5) is 41.3. The Morgan fingerprint density at radius 1 is 1.07 bits per heavy atom. The standard InChI is InChI=1S/C21H32N4O3/c1-5-22-18(26)14-24-10-12-25(13-11-24)21(28)19(15(2)3)23-20(27)17-9-7-6-8-16(17)4/h6-9,15,19H,5,10-14H2,1-4H3,(H,22,26)(H,23,27). The zero-order valence-corrected chi connectivity index (χ0v) is 17.3. The summed E-state index contributed by atoms with van der Waals surface area (Å²) in [7, 11) is 0. The Labute approximate surface area is 167 Å². The highest BCUT2D eigenvalue weighted by Gasteiger charge is 2.31. The molecule has 1 atom stereocenters. The van der Waals surface area contributed by atoms with Gasteiger partial charge in [0.2, 0.25) is 11.8 Å². The average molecular weight is 389 g/mol. The lowest BCUT2D eigenvalue weighted by Crippen LogP contribution is -2.57. The molecule has 1 unspecified atom stereocenters. The minimum atomic E-state index is -0.568. The Morgan fingerprint density at radius 2 is 1.71 bits per heavy atom. The van der Waals surface area contributed by atoms with Crippen molar-refractivity contribution in [3.05, 3.63) is 35.4 Å². The van der Waals surface area contributed by atoms with Crippen LogP contribution < -0.4 is 10.6 Å². The molecule has 7 nitrogen and oxygen atoms in total. The Balaban J connectivity index is 1.95. The van der Waals surface area contributed by atoms with E-state index in [1.54, 1.807) is 11.0 Å². The van der Waals surface area contributed by atoms with Crippen LogP contribution >= 0.6 is 0 Å². The first-order chi connectivity index (χ1) is 13.3. The van der Waals surface area contributed by atoms with Gasteiger partial charge in [0.15, 0.2) is 0 Å². The Bertz CT molecular complexity index is 697. The summed E-state index contributed by atoms with van der Waals surface area (Å²) < 4.78 is 0. The number of nitrogens with one attached hydrogen (secondary N) is 2. The smallest absolute Gasteiger partial charge is 0.252 e. The third kappa shape index (κ3) is 5.79. The van der Waals surface area contributed by atoms with Crippen LogP contribution in [0.25, 0.3) is 0 Å². The number of nitrogens with zero attached hydrogens (tertiary/aromatic N) is 2. The molecule has 1 fully saturated rings. The molecule has 0 bridgehead atoms. The fourth-order valence-electron chi connectivity index (χ4n) is 3.34. The van der Waals surface area contributed by atoms with E-state index in [0.717, 1.165) is 5.56 Å². The molecule has 1 aromatic rings. The molecule has 0 radical (unpaired) electrons. The molecule has 154 valence electrons. The second kappa shape index (κ2) is 10.2. The number of likely N-dealkylation sites (N-methyl/N-ethyl adjacent to an activating group) is 1. The van der Waals surface area contributed by atoms with E-state index < -0.39 is 6.04 Å². The maximum Gasteiger partial charge on any atom is 0.252 e. The molecule has 1 heterocycles. The van der Waals surface area contributed by atoms with E-state index >= 15 is 0 Å². The van der Waals surface area contributed by atoms with Crippen LogP contribution in [0.1, 0.15) is 36.7 Å². The fourth-order valence-corrected chi connectivity index (χ4v) is 3.34. The van der Waals surface area contributed by atoms with Crippen molar-refractivity contribution >= 4 is 17.7 Å². The van der Waals surface area contributed by atoms with Crippen LogP contribution in [-0.2, 0) is 9.59 Å². The number of carbonyl (C=O) groups is 3. The molecule has 1 aliphatic rings. The molecule has 2 rings (SSSR count). The molecule has 28 heavy (non-hydrogen) atoms. The second-order valence-electron chi connectivity index (χ2n) is 7.57. The van der Waals surface area contributed by atoms with E-state index in [4.69, 9.17) is 0 Å². The third-order valence-electron chi connectivity index (χ3n) is 5.03. The highest BCUT2D eigenvalue weighted by molar-refractivity contribution is 5.98. The van der Waals surface area contributed by atoms with Gasteiger partial charge in [-0.05, 0) is 31.4 Å². The van der Waals surface area contributed by atoms with Gasteiger partial charge < -0.3 is 15.5 Å². The minimum Gasteiger partial charge on any atom is -0.355 e. The Kier molecular flexibility index (Phi) is 7.99. The van der Waals surface area contributed by atoms with Gasteiger partial charge in [0.1, 0.15) is 6.04 Å². The van der Waals surface area contributed by atoms with Gasteiger partial charge in [-0.1, -0.05) is 32.0 Å². The molecule has 7 heteroatoms. The second-order valence-corrected chi connectivity index (χ2v) is 7.57. The summed E-state index contributed by atoms with van der Waals surface area (Å²) in [5.41, 5.74) is 1.47. The summed E-state index contributed by atoms with van der Waals surface area (Å²) in [5.74, 6) is -0.295. The first kappa shape index (κ1) is 21.9. The molecule has 2 N–H and O–H groups in total. The lowest BCUT2D eigenvalue weighted by Gasteiger charge is -2.37. The summed E-state index contributed by atoms with van der Waals surface area (Å²) >= 11 is 0. The molecule has 3 amide bonds. The van der Waals surface area contributed by atoms with Crippen molar-refractivity contribution in [2.75, 3.05) is 39.3 Å². The third-order valence-corrected chi connectivity index (χ3v) is 5.03. The van der Waals surface area contributed by atoms with Crippen molar-refractivity contribution in [3.8, 4) is 0 Å². The lowest BCUT2D eigenvalue weighted by molar-refractivity contribution is -0.136. The van der Waals surface area contributed by atoms with Gasteiger partial charge in [-0.25, -0.2) is 0 Å². The number of rotatable bonds is 7. The lowest BCUT2D eigenvalue weighted by atomic mass is 10.0. The topological polar surface area (TPSA) is 81.8 Å². The van der Waals surface area contributed by atoms with E-state index in [0.29, 0.717) is 44.8 Å². The van der Waals surface area contributed by atoms with Gasteiger partial charge in [0, 0.05) is 38.3 Å². The molecule has 0 saturated carbocycles. The summed E-state index contributed by atoms with van der Waals surface area (Å²) in [6, 6.07) is 6.79. The van der Waals surface area contributed by atoms with E-state index in [1.165, 1.54) is 0 Å². The highest BCUT2D eigenvalue weighted by atomic mass is 16.2. The summed E-state index contributed by atoms with van der Waals surface area (Å²) in [6.45, 7) is 11.0. The molecule has 0 spiro atoms. The van der Waals surface area contributed by atoms with Gasteiger partial charge >= 0.3 is 0 Å². The Morgan fingerprint density at radius 3 is 2.29 bits per heavy atom. The number of aryl methyl sites for hydroxylation is 1. The number of amides is 3. The SMILES string of the molecule is CCNC(=O)CN1CCN(C(=O)C(NC(=O)c2ccccc2C)C(C)C)CC1. The van der Waals surface area contributed by atoms with Crippen LogP contribution in [0.3, 0.4) is 0 Å². The van der Waals surface area contributed by atoms with E-state index in [-0.39, 0.29) is 23.6 Å². The van der Waals surface area contributed by atoms with Crippen molar-refractivity contribution in [2.24, 2.45) is 5.92 Å². The van der Waals surface area contributed by atoms with Crippen LogP contribution in [0.5, 0.6) is 0 Å². The van der Waals surface area contributed by atoms with Crippen LogP contribution in [0.15, 0.2) is 24.3 Å². The molecule has 0 aliphatic carbocycles. The number of hydrogen-bond donors (Lipinski definition) is 2. The number of piperazine rings is 1. The highest BCUT2D eigenvalue weighted by Crippen LogP contribution is 2.12. The molecule has 0 aromatic heterocycles. The summed E-state index contributed by atoms with van der Waals surface area (Å²) in [5, 5.41) is 5.72. The van der Waals surface area contributed by atoms with Crippen LogP contribution in [0.2, 0.25) is 0 Å². The first-order valence-electron chi connectivity index (χ1n) is 9.97. The molecular weight excluding hydrogens is 356 g/mol. The number of carbonyl (C=O) groups excluding carboxylic acids is 3. The van der Waals surface area contributed by atoms with Gasteiger partial charge in [-0.15, -0.1) is 0 Å². The Hall–Kier alpha value is -2.41. The van der Waals surface area contributed by atoms with E-state index in [1.807, 2.05) is 50.8 Å². The number of benzene rings is 1. The molecule has 1 saturated heterocycles. The largest absolute Gasteiger partial charge is 0.355 e. The van der Waals surface area contributed by atoms with Gasteiger partial charge in [-0.3, -0.25) is 19.3 Å². The quantitative estimate of drug-likeness (QED) is 0.731. The molecule has 1 aliphatic heterocycles. The van der Waals surface area contributed by atoms with Crippen molar-refractivity contribution in [1.82, 2.24) is 20.4 Å². The van der Waals surface area contributed by atoms with Crippen molar-refractivity contribution in [1.29, 1.82) is 0 Å². The number of hydrogen-bond acceptors (Lipinski definition) is 4. The maximum atomic E-state index is 13.0. The monoisotopic (exact) mass is 388 g/mol. The van der Waals surface area contributed by atoms with E-state index in [2.05, 4.69) is 10.6 Å². The van der Waals surface area contributed by atoms with Crippen LogP contribution in [0, 0.1) is 12.8 Å². The van der Waals surface area contributed by atoms with Crippen molar-refractivity contribution < 1.29 is 14.4 Å². The van der Waals surface area contributed by atoms with Gasteiger partial charge in [0.25, 0.3) is 5.91 Å². The average Bonchev–Trinajstić information content (AvgIpc) is 2.66. The predicted molar refractivity (Wildman–Crippen MR) is 109 cm³/mol. The first-order valence-corrected chi connectivity index (χ1v) is 9.97. The van der Waals surface area contributed by atoms with Crippen LogP contribution in [-0.4, -0.2) is 72.8 Å². The zero-order chi connectivity index (χ0) is 20.7. The summed E-state index contributed by atoms with van der Waals surface area (Å²) in [6.07, 6.45) is 0. The van der Waals surface area contributed by atoms with Crippen molar-refractivity contribution in [2.45, 2.75) is 33.7 Å². The maximum absolute atomic E-state index is 13.0. The fraction of sp³-hybridized carbons (Fsp3) is 0.571. The van der Waals surface area contributed by atoms with E-state index in [9.17, 15) is 14.4 Å². The minimum absolute atomic E-state index is 0.00725. The zero-order valence-electron chi connectivity index (χ0n) is 17.3. The van der Waals surface area contributed by atoms with Crippen molar-refractivity contribution in [3.63, 3.8) is 0 Å². The van der Waals surface area contributed by atoms with Gasteiger partial charge in [0.05, 0.1) is 6.54 Å². The molecular formula is C21H32N4O3. The normalized spacial score (nSPS) is 16.0. The van der Waals surface area contributed by atoms with Crippen LogP contribution in [0.4, 0.5) is 0 Å². The van der Waals surface area contributed by atoms with Gasteiger partial charge in [-0.2, -0.15) is 0 Å².